The van der Waals surface area contributed by atoms with Crippen molar-refractivity contribution in [2.75, 3.05) is 5.73 Å². The molecule has 1 aromatic rings. The zero-order chi connectivity index (χ0) is 13.1. The standard InChI is InChI=1S/C16H25N3/c1-9(2)19-8-18-15(16(19)17)14-12-4-10-3-11(6-12)7-13(14)5-10/h8-14H,3-7,17H2,1-2H3. The smallest absolute Gasteiger partial charge is 0.127 e. The highest BCUT2D eigenvalue weighted by atomic mass is 15.1. The highest BCUT2D eigenvalue weighted by molar-refractivity contribution is 5.40. The summed E-state index contributed by atoms with van der Waals surface area (Å²) in [6, 6.07) is 0.415. The summed E-state index contributed by atoms with van der Waals surface area (Å²) < 4.78 is 2.14. The minimum Gasteiger partial charge on any atom is -0.384 e. The fourth-order valence-corrected chi connectivity index (χ4v) is 5.43. The maximum Gasteiger partial charge on any atom is 0.127 e. The maximum atomic E-state index is 6.38. The van der Waals surface area contributed by atoms with Crippen LogP contribution >= 0.6 is 0 Å². The Kier molecular flexibility index (Phi) is 2.49. The van der Waals surface area contributed by atoms with Gasteiger partial charge in [-0.2, -0.15) is 0 Å². The van der Waals surface area contributed by atoms with E-state index >= 15 is 0 Å². The molecule has 3 heteroatoms. The summed E-state index contributed by atoms with van der Waals surface area (Å²) in [4.78, 5) is 4.72. The van der Waals surface area contributed by atoms with E-state index in [2.05, 4.69) is 18.4 Å². The Labute approximate surface area is 115 Å². The van der Waals surface area contributed by atoms with Gasteiger partial charge in [0.15, 0.2) is 0 Å². The van der Waals surface area contributed by atoms with Crippen LogP contribution in [0, 0.1) is 23.7 Å². The molecule has 0 atom stereocenters. The molecule has 0 aromatic carbocycles. The predicted octanol–water partition coefficient (Wildman–Crippen LogP) is 3.59. The van der Waals surface area contributed by atoms with E-state index in [1.807, 2.05) is 6.33 Å². The van der Waals surface area contributed by atoms with Gasteiger partial charge in [0.05, 0.1) is 12.0 Å². The molecule has 2 N–H and O–H groups in total. The molecule has 0 amide bonds. The number of rotatable bonds is 2. The molecule has 4 saturated carbocycles. The monoisotopic (exact) mass is 259 g/mol. The van der Waals surface area contributed by atoms with Crippen molar-refractivity contribution in [2.45, 2.75) is 57.9 Å². The third-order valence-electron chi connectivity index (χ3n) is 5.96. The van der Waals surface area contributed by atoms with Crippen molar-refractivity contribution in [2.24, 2.45) is 23.7 Å². The van der Waals surface area contributed by atoms with E-state index in [0.717, 1.165) is 29.5 Å². The van der Waals surface area contributed by atoms with Crippen molar-refractivity contribution in [1.82, 2.24) is 9.55 Å². The van der Waals surface area contributed by atoms with Crippen molar-refractivity contribution in [1.29, 1.82) is 0 Å². The number of nitrogens with two attached hydrogens (primary N) is 1. The van der Waals surface area contributed by atoms with E-state index in [4.69, 9.17) is 10.7 Å². The molecular formula is C16H25N3. The van der Waals surface area contributed by atoms with Gasteiger partial charge in [-0.3, -0.25) is 0 Å². The van der Waals surface area contributed by atoms with Crippen LogP contribution < -0.4 is 5.73 Å². The van der Waals surface area contributed by atoms with E-state index in [9.17, 15) is 0 Å². The van der Waals surface area contributed by atoms with Gasteiger partial charge in [-0.05, 0) is 69.6 Å². The maximum absolute atomic E-state index is 6.38. The predicted molar refractivity (Wildman–Crippen MR) is 76.8 cm³/mol. The third kappa shape index (κ3) is 1.66. The first kappa shape index (κ1) is 11.8. The Morgan fingerprint density at radius 3 is 2.16 bits per heavy atom. The average Bonchev–Trinajstić information content (AvgIpc) is 2.70. The number of anilines is 1. The van der Waals surface area contributed by atoms with Crippen molar-refractivity contribution in [3.63, 3.8) is 0 Å². The number of imidazole rings is 1. The highest BCUT2D eigenvalue weighted by Crippen LogP contribution is 2.60. The Morgan fingerprint density at radius 2 is 1.68 bits per heavy atom. The Hall–Kier alpha value is -0.990. The molecule has 0 saturated heterocycles. The fourth-order valence-electron chi connectivity index (χ4n) is 5.43. The minimum atomic E-state index is 0.415. The van der Waals surface area contributed by atoms with Gasteiger partial charge in [-0.25, -0.2) is 4.98 Å². The Morgan fingerprint density at radius 1 is 1.11 bits per heavy atom. The van der Waals surface area contributed by atoms with Gasteiger partial charge >= 0.3 is 0 Å². The van der Waals surface area contributed by atoms with Gasteiger partial charge in [0, 0.05) is 12.0 Å². The van der Waals surface area contributed by atoms with Crippen LogP contribution in [0.15, 0.2) is 6.33 Å². The van der Waals surface area contributed by atoms with Gasteiger partial charge < -0.3 is 10.3 Å². The zero-order valence-electron chi connectivity index (χ0n) is 12.0. The van der Waals surface area contributed by atoms with Crippen LogP contribution in [-0.2, 0) is 0 Å². The van der Waals surface area contributed by atoms with Crippen molar-refractivity contribution in [3.05, 3.63) is 12.0 Å². The molecule has 1 heterocycles. The summed E-state index contributed by atoms with van der Waals surface area (Å²) in [5.74, 6) is 5.38. The van der Waals surface area contributed by atoms with Crippen LogP contribution in [0.3, 0.4) is 0 Å². The number of hydrogen-bond acceptors (Lipinski definition) is 2. The molecule has 4 aliphatic carbocycles. The van der Waals surface area contributed by atoms with Crippen LogP contribution in [0.25, 0.3) is 0 Å². The number of nitrogen functional groups attached to an aromatic ring is 1. The summed E-state index contributed by atoms with van der Waals surface area (Å²) in [6.45, 7) is 4.36. The van der Waals surface area contributed by atoms with Gasteiger partial charge in [0.1, 0.15) is 5.82 Å². The second-order valence-corrected chi connectivity index (χ2v) is 7.47. The fraction of sp³-hybridized carbons (Fsp3) is 0.812. The van der Waals surface area contributed by atoms with E-state index in [0.29, 0.717) is 12.0 Å². The minimum absolute atomic E-state index is 0.415. The summed E-state index contributed by atoms with van der Waals surface area (Å²) >= 11 is 0. The van der Waals surface area contributed by atoms with Crippen molar-refractivity contribution in [3.8, 4) is 0 Å². The first-order chi connectivity index (χ1) is 9.13. The number of nitrogens with zero attached hydrogens (tertiary/aromatic N) is 2. The van der Waals surface area contributed by atoms with Crippen LogP contribution in [-0.4, -0.2) is 9.55 Å². The molecule has 5 rings (SSSR count). The normalized spacial score (nSPS) is 40.3. The quantitative estimate of drug-likeness (QED) is 0.882. The molecule has 104 valence electrons. The van der Waals surface area contributed by atoms with Crippen molar-refractivity contribution < 1.29 is 0 Å². The lowest BCUT2D eigenvalue weighted by Crippen LogP contribution is -2.44. The molecule has 4 fully saturated rings. The number of hydrogen-bond donors (Lipinski definition) is 1. The lowest BCUT2D eigenvalue weighted by molar-refractivity contribution is -0.00380. The highest BCUT2D eigenvalue weighted by Gasteiger charge is 2.49. The third-order valence-corrected chi connectivity index (χ3v) is 5.96. The molecule has 4 bridgehead atoms. The molecule has 0 radical (unpaired) electrons. The molecule has 0 unspecified atom stereocenters. The lowest BCUT2D eigenvalue weighted by Gasteiger charge is -2.54. The largest absolute Gasteiger partial charge is 0.384 e. The van der Waals surface area contributed by atoms with Crippen LogP contribution in [0.4, 0.5) is 5.82 Å². The topological polar surface area (TPSA) is 43.8 Å². The SMILES string of the molecule is CC(C)n1cnc(C2C3CC4CC(C3)CC2C4)c1N. The van der Waals surface area contributed by atoms with E-state index in [-0.39, 0.29) is 0 Å². The molecule has 0 spiro atoms. The first-order valence-electron chi connectivity index (χ1n) is 7.95. The van der Waals surface area contributed by atoms with Crippen LogP contribution in [0.1, 0.15) is 63.6 Å². The van der Waals surface area contributed by atoms with Crippen LogP contribution in [0.2, 0.25) is 0 Å². The molecular weight excluding hydrogens is 234 g/mol. The first-order valence-corrected chi connectivity index (χ1v) is 7.95. The van der Waals surface area contributed by atoms with Crippen LogP contribution in [0.5, 0.6) is 0 Å². The van der Waals surface area contributed by atoms with Gasteiger partial charge in [0.2, 0.25) is 0 Å². The molecule has 4 aliphatic rings. The van der Waals surface area contributed by atoms with Gasteiger partial charge in [0.25, 0.3) is 0 Å². The Balaban J connectivity index is 1.69. The summed E-state index contributed by atoms with van der Waals surface area (Å²) in [5.41, 5.74) is 7.61. The van der Waals surface area contributed by atoms with Crippen molar-refractivity contribution >= 4 is 5.82 Å². The number of aromatic nitrogens is 2. The van der Waals surface area contributed by atoms with Gasteiger partial charge in [-0.1, -0.05) is 0 Å². The summed E-state index contributed by atoms with van der Waals surface area (Å²) in [7, 11) is 0. The van der Waals surface area contributed by atoms with E-state index in [1.54, 1.807) is 0 Å². The Bertz CT molecular complexity index is 460. The lowest BCUT2D eigenvalue weighted by atomic mass is 9.51. The van der Waals surface area contributed by atoms with E-state index < -0.39 is 0 Å². The van der Waals surface area contributed by atoms with Gasteiger partial charge in [-0.15, -0.1) is 0 Å². The van der Waals surface area contributed by atoms with E-state index in [1.165, 1.54) is 37.8 Å². The molecule has 19 heavy (non-hydrogen) atoms. The second-order valence-electron chi connectivity index (χ2n) is 7.47. The second kappa shape index (κ2) is 4.00. The average molecular weight is 259 g/mol. The summed E-state index contributed by atoms with van der Waals surface area (Å²) in [5, 5.41) is 0. The molecule has 0 aliphatic heterocycles. The molecule has 3 nitrogen and oxygen atoms in total. The molecule has 1 aromatic heterocycles. The summed E-state index contributed by atoms with van der Waals surface area (Å²) in [6.07, 6.45) is 9.21. The zero-order valence-corrected chi connectivity index (χ0v) is 12.0.